The molecule has 2 rings (SSSR count). The third-order valence-corrected chi connectivity index (χ3v) is 3.75. The van der Waals surface area contributed by atoms with Gasteiger partial charge in [-0.2, -0.15) is 0 Å². The SMILES string of the molecule is C1CCC(C[C@H]2CCCCN2)CC1. The summed E-state index contributed by atoms with van der Waals surface area (Å²) < 4.78 is 0. The fourth-order valence-electron chi connectivity index (χ4n) is 2.95. The van der Waals surface area contributed by atoms with Gasteiger partial charge in [-0.1, -0.05) is 38.5 Å². The average Bonchev–Trinajstić information content (AvgIpc) is 2.21. The molecule has 0 aromatic heterocycles. The van der Waals surface area contributed by atoms with Gasteiger partial charge < -0.3 is 5.32 Å². The molecule has 0 radical (unpaired) electrons. The molecule has 0 unspecified atom stereocenters. The second-order valence-corrected chi connectivity index (χ2v) is 4.89. The maximum Gasteiger partial charge on any atom is 0.00697 e. The standard InChI is InChI=1S/C12H23N/c1-2-6-11(7-3-1)10-12-8-4-5-9-13-12/h11-13H,1-10H2/t12-/m1/s1. The fourth-order valence-corrected chi connectivity index (χ4v) is 2.95. The highest BCUT2D eigenvalue weighted by atomic mass is 14.9. The molecule has 0 aromatic carbocycles. The van der Waals surface area contributed by atoms with Crippen LogP contribution in [0.25, 0.3) is 0 Å². The first kappa shape index (κ1) is 9.51. The van der Waals surface area contributed by atoms with Crippen LogP contribution in [0.4, 0.5) is 0 Å². The van der Waals surface area contributed by atoms with Crippen molar-refractivity contribution in [1.82, 2.24) is 5.32 Å². The molecule has 13 heavy (non-hydrogen) atoms. The Labute approximate surface area is 82.3 Å². The Kier molecular flexibility index (Phi) is 3.65. The van der Waals surface area contributed by atoms with E-state index in [0.717, 1.165) is 12.0 Å². The third kappa shape index (κ3) is 2.98. The number of hydrogen-bond acceptors (Lipinski definition) is 1. The lowest BCUT2D eigenvalue weighted by Gasteiger charge is -2.29. The zero-order valence-corrected chi connectivity index (χ0v) is 8.73. The van der Waals surface area contributed by atoms with Gasteiger partial charge in [0.2, 0.25) is 0 Å². The maximum absolute atomic E-state index is 3.67. The summed E-state index contributed by atoms with van der Waals surface area (Å²) in [5.41, 5.74) is 0. The normalized spacial score (nSPS) is 31.8. The zero-order valence-electron chi connectivity index (χ0n) is 8.73. The van der Waals surface area contributed by atoms with Crippen molar-refractivity contribution in [1.29, 1.82) is 0 Å². The molecule has 1 nitrogen and oxygen atoms in total. The second-order valence-electron chi connectivity index (χ2n) is 4.89. The minimum Gasteiger partial charge on any atom is -0.314 e. The number of hydrogen-bond donors (Lipinski definition) is 1. The molecule has 0 bridgehead atoms. The molecule has 1 heteroatoms. The van der Waals surface area contributed by atoms with Crippen molar-refractivity contribution in [3.05, 3.63) is 0 Å². The van der Waals surface area contributed by atoms with Crippen LogP contribution in [-0.4, -0.2) is 12.6 Å². The third-order valence-electron chi connectivity index (χ3n) is 3.75. The Morgan fingerprint density at radius 2 is 1.62 bits per heavy atom. The monoisotopic (exact) mass is 181 g/mol. The Balaban J connectivity index is 1.69. The number of nitrogens with one attached hydrogen (secondary N) is 1. The van der Waals surface area contributed by atoms with E-state index >= 15 is 0 Å². The van der Waals surface area contributed by atoms with Gasteiger partial charge in [0.15, 0.2) is 0 Å². The van der Waals surface area contributed by atoms with Crippen molar-refractivity contribution in [3.8, 4) is 0 Å². The van der Waals surface area contributed by atoms with Gasteiger partial charge in [-0.25, -0.2) is 0 Å². The summed E-state index contributed by atoms with van der Waals surface area (Å²) in [5, 5.41) is 3.67. The fraction of sp³-hybridized carbons (Fsp3) is 1.00. The van der Waals surface area contributed by atoms with E-state index < -0.39 is 0 Å². The molecular formula is C12H23N. The first-order chi connectivity index (χ1) is 6.45. The van der Waals surface area contributed by atoms with Crippen molar-refractivity contribution in [3.63, 3.8) is 0 Å². The molecule has 1 saturated heterocycles. The molecule has 2 fully saturated rings. The molecule has 0 spiro atoms. The molecule has 1 aliphatic heterocycles. The highest BCUT2D eigenvalue weighted by Gasteiger charge is 2.19. The topological polar surface area (TPSA) is 12.0 Å². The minimum absolute atomic E-state index is 0.872. The lowest BCUT2D eigenvalue weighted by Crippen LogP contribution is -2.35. The Hall–Kier alpha value is -0.0400. The van der Waals surface area contributed by atoms with Crippen LogP contribution in [-0.2, 0) is 0 Å². The van der Waals surface area contributed by atoms with E-state index in [4.69, 9.17) is 0 Å². The summed E-state index contributed by atoms with van der Waals surface area (Å²) in [6, 6.07) is 0.872. The number of piperidine rings is 1. The van der Waals surface area contributed by atoms with Gasteiger partial charge in [-0.15, -0.1) is 0 Å². The van der Waals surface area contributed by atoms with E-state index in [2.05, 4.69) is 5.32 Å². The van der Waals surface area contributed by atoms with Gasteiger partial charge in [0.25, 0.3) is 0 Å². The van der Waals surface area contributed by atoms with Crippen LogP contribution in [0.5, 0.6) is 0 Å². The van der Waals surface area contributed by atoms with E-state index in [1.807, 2.05) is 0 Å². The summed E-state index contributed by atoms with van der Waals surface area (Å²) in [6.07, 6.45) is 13.3. The van der Waals surface area contributed by atoms with Crippen molar-refractivity contribution in [2.75, 3.05) is 6.54 Å². The molecule has 1 saturated carbocycles. The summed E-state index contributed by atoms with van der Waals surface area (Å²) in [4.78, 5) is 0. The first-order valence-electron chi connectivity index (χ1n) is 6.18. The molecule has 0 aromatic rings. The van der Waals surface area contributed by atoms with Gasteiger partial charge >= 0.3 is 0 Å². The van der Waals surface area contributed by atoms with E-state index in [9.17, 15) is 0 Å². The predicted octanol–water partition coefficient (Wildman–Crippen LogP) is 3.10. The molecule has 1 N–H and O–H groups in total. The van der Waals surface area contributed by atoms with Crippen LogP contribution >= 0.6 is 0 Å². The molecule has 0 amide bonds. The quantitative estimate of drug-likeness (QED) is 0.690. The maximum atomic E-state index is 3.67. The summed E-state index contributed by atoms with van der Waals surface area (Å²) in [7, 11) is 0. The van der Waals surface area contributed by atoms with Gasteiger partial charge in [0, 0.05) is 6.04 Å². The molecule has 1 aliphatic carbocycles. The van der Waals surface area contributed by atoms with E-state index in [1.165, 1.54) is 64.3 Å². The van der Waals surface area contributed by atoms with Crippen LogP contribution in [0.15, 0.2) is 0 Å². The summed E-state index contributed by atoms with van der Waals surface area (Å²) >= 11 is 0. The minimum atomic E-state index is 0.872. The number of rotatable bonds is 2. The zero-order chi connectivity index (χ0) is 8.93. The molecule has 76 valence electrons. The lowest BCUT2D eigenvalue weighted by molar-refractivity contribution is 0.273. The Morgan fingerprint density at radius 1 is 0.846 bits per heavy atom. The Bertz CT molecular complexity index is 116. The van der Waals surface area contributed by atoms with Crippen molar-refractivity contribution >= 4 is 0 Å². The highest BCUT2D eigenvalue weighted by molar-refractivity contribution is 4.77. The van der Waals surface area contributed by atoms with Crippen LogP contribution in [0.2, 0.25) is 0 Å². The summed E-state index contributed by atoms with van der Waals surface area (Å²) in [6.45, 7) is 1.28. The largest absolute Gasteiger partial charge is 0.314 e. The van der Waals surface area contributed by atoms with Gasteiger partial charge in [-0.3, -0.25) is 0 Å². The van der Waals surface area contributed by atoms with E-state index in [0.29, 0.717) is 0 Å². The van der Waals surface area contributed by atoms with Crippen molar-refractivity contribution < 1.29 is 0 Å². The average molecular weight is 181 g/mol. The Morgan fingerprint density at radius 3 is 2.31 bits per heavy atom. The highest BCUT2D eigenvalue weighted by Crippen LogP contribution is 2.28. The van der Waals surface area contributed by atoms with Gasteiger partial charge in [0.1, 0.15) is 0 Å². The van der Waals surface area contributed by atoms with Gasteiger partial charge in [-0.05, 0) is 31.7 Å². The van der Waals surface area contributed by atoms with Crippen molar-refractivity contribution in [2.24, 2.45) is 5.92 Å². The van der Waals surface area contributed by atoms with Crippen molar-refractivity contribution in [2.45, 2.75) is 63.8 Å². The molecule has 1 atom stereocenters. The lowest BCUT2D eigenvalue weighted by atomic mass is 9.83. The van der Waals surface area contributed by atoms with Crippen LogP contribution in [0.3, 0.4) is 0 Å². The van der Waals surface area contributed by atoms with Gasteiger partial charge in [0.05, 0.1) is 0 Å². The molecule has 2 aliphatic rings. The first-order valence-corrected chi connectivity index (χ1v) is 6.18. The smallest absolute Gasteiger partial charge is 0.00697 e. The molecule has 1 heterocycles. The van der Waals surface area contributed by atoms with E-state index in [-0.39, 0.29) is 0 Å². The van der Waals surface area contributed by atoms with Crippen LogP contribution in [0, 0.1) is 5.92 Å². The van der Waals surface area contributed by atoms with Crippen LogP contribution in [0.1, 0.15) is 57.8 Å². The second kappa shape index (κ2) is 4.99. The summed E-state index contributed by atoms with van der Waals surface area (Å²) in [5.74, 6) is 1.06. The van der Waals surface area contributed by atoms with Crippen LogP contribution < -0.4 is 5.32 Å². The van der Waals surface area contributed by atoms with E-state index in [1.54, 1.807) is 0 Å². The predicted molar refractivity (Wildman–Crippen MR) is 56.8 cm³/mol. The molecular weight excluding hydrogens is 158 g/mol.